The third-order valence-electron chi connectivity index (χ3n) is 19.5. The van der Waals surface area contributed by atoms with E-state index in [0.717, 1.165) is 0 Å². The van der Waals surface area contributed by atoms with Crippen LogP contribution in [-0.2, 0) is 0 Å². The maximum atomic E-state index is 3.90. The van der Waals surface area contributed by atoms with Gasteiger partial charge >= 0.3 is 0 Å². The quantitative estimate of drug-likeness (QED) is 0.0613. The van der Waals surface area contributed by atoms with Crippen molar-refractivity contribution >= 4 is 0 Å². The fourth-order valence-electron chi connectivity index (χ4n) is 13.5. The molecule has 0 aromatic carbocycles. The third-order valence-corrected chi connectivity index (χ3v) is 19.5. The lowest BCUT2D eigenvalue weighted by Crippen LogP contribution is -2.29. The first-order valence-electron chi connectivity index (χ1n) is 40.4. The van der Waals surface area contributed by atoms with Crippen molar-refractivity contribution in [2.75, 3.05) is 52.4 Å². The highest BCUT2D eigenvalue weighted by Gasteiger charge is 2.08. The topological polar surface area (TPSA) is 18.5 Å². The second-order valence-corrected chi connectivity index (χ2v) is 28.1. The van der Waals surface area contributed by atoms with Gasteiger partial charge in [0, 0.05) is 0 Å². The van der Waals surface area contributed by atoms with E-state index >= 15 is 0 Å². The number of rotatable bonds is 78. The summed E-state index contributed by atoms with van der Waals surface area (Å²) in [7, 11) is 0. The number of unbranched alkanes of at least 4 members (excludes halogenated alkanes) is 62. The molecule has 0 saturated heterocycles. The lowest BCUT2D eigenvalue weighted by molar-refractivity contribution is 0.252. The van der Waals surface area contributed by atoms with Gasteiger partial charge in [-0.1, -0.05) is 413 Å². The Labute approximate surface area is 529 Å². The van der Waals surface area contributed by atoms with E-state index in [9.17, 15) is 0 Å². The molecule has 0 aromatic rings. The summed E-state index contributed by atoms with van der Waals surface area (Å²) in [4.78, 5) is 5.78. The van der Waals surface area contributed by atoms with E-state index in [1.165, 1.54) is 489 Å². The molecule has 0 aliphatic heterocycles. The summed E-state index contributed by atoms with van der Waals surface area (Å²) in [6.45, 7) is 19.8. The van der Waals surface area contributed by atoms with Gasteiger partial charge in [-0.3, -0.25) is 0 Å². The zero-order valence-corrected chi connectivity index (χ0v) is 59.1. The van der Waals surface area contributed by atoms with Crippen LogP contribution in [0.4, 0.5) is 0 Å². The highest BCUT2D eigenvalue weighted by atomic mass is 15.1. The Hall–Kier alpha value is -0.120. The molecule has 0 fully saturated rings. The van der Waals surface area contributed by atoms with Gasteiger partial charge in [0.1, 0.15) is 0 Å². The van der Waals surface area contributed by atoms with Crippen LogP contribution in [0.5, 0.6) is 0 Å². The SMILES string of the molecule is CCCCCCCCCCCCCCCCCCN(CCCCCCCCCCCCCCCCCC)CCCCNCCCCN(CCCCCCCCCCCCCCCCCC)CCCCCCCCCCCCCCCCCC. The van der Waals surface area contributed by atoms with Gasteiger partial charge in [-0.2, -0.15) is 0 Å². The highest BCUT2D eigenvalue weighted by Crippen LogP contribution is 2.19. The number of hydrogen-bond donors (Lipinski definition) is 1. The normalized spacial score (nSPS) is 11.9. The molecule has 0 radical (unpaired) electrons. The Morgan fingerprint density at radius 3 is 0.373 bits per heavy atom. The number of nitrogens with zero attached hydrogens (tertiary/aromatic N) is 2. The van der Waals surface area contributed by atoms with E-state index in [0.29, 0.717) is 0 Å². The molecule has 0 amide bonds. The van der Waals surface area contributed by atoms with E-state index in [4.69, 9.17) is 0 Å². The summed E-state index contributed by atoms with van der Waals surface area (Å²) in [5.41, 5.74) is 0. The van der Waals surface area contributed by atoms with Crippen molar-refractivity contribution in [1.29, 1.82) is 0 Å². The molecule has 0 aliphatic rings. The second kappa shape index (κ2) is 78.0. The Bertz CT molecular complexity index is 923. The van der Waals surface area contributed by atoms with Gasteiger partial charge < -0.3 is 15.1 Å². The third kappa shape index (κ3) is 74.3. The molecule has 83 heavy (non-hydrogen) atoms. The molecule has 0 rings (SSSR count). The molecule has 3 nitrogen and oxygen atoms in total. The molecular weight excluding hydrogens is 1000 g/mol. The standard InChI is InChI=1S/C80H165N3/c1-5-9-13-17-21-25-29-33-37-41-45-49-53-57-61-67-75-82(76-68-62-58-54-50-46-42-38-34-30-26-22-18-14-10-6-2)79-71-65-73-81-74-66-72-80-83(77-69-63-59-55-51-47-43-39-35-31-27-23-19-15-11-7-3)78-70-64-60-56-52-48-44-40-36-32-28-24-20-16-12-8-4/h81H,5-80H2,1-4H3. The Morgan fingerprint density at radius 2 is 0.241 bits per heavy atom. The number of nitrogens with one attached hydrogen (secondary N) is 1. The van der Waals surface area contributed by atoms with Gasteiger partial charge in [0.2, 0.25) is 0 Å². The number of hydrogen-bond acceptors (Lipinski definition) is 3. The molecule has 0 heterocycles. The molecule has 0 bridgehead atoms. The summed E-state index contributed by atoms with van der Waals surface area (Å²) in [5, 5.41) is 3.90. The van der Waals surface area contributed by atoms with Crippen molar-refractivity contribution in [2.24, 2.45) is 0 Å². The lowest BCUT2D eigenvalue weighted by atomic mass is 10.0. The zero-order chi connectivity index (χ0) is 59.6. The van der Waals surface area contributed by atoms with E-state index < -0.39 is 0 Å². The van der Waals surface area contributed by atoms with Gasteiger partial charge in [-0.15, -0.1) is 0 Å². The zero-order valence-electron chi connectivity index (χ0n) is 59.1. The summed E-state index contributed by atoms with van der Waals surface area (Å²) >= 11 is 0. The molecular formula is C80H165N3. The van der Waals surface area contributed by atoms with Crippen molar-refractivity contribution in [3.8, 4) is 0 Å². The van der Waals surface area contributed by atoms with Crippen LogP contribution in [0.15, 0.2) is 0 Å². The molecule has 0 atom stereocenters. The second-order valence-electron chi connectivity index (χ2n) is 28.1. The van der Waals surface area contributed by atoms with Crippen molar-refractivity contribution in [3.63, 3.8) is 0 Å². The van der Waals surface area contributed by atoms with Gasteiger partial charge in [0.15, 0.2) is 0 Å². The average Bonchev–Trinajstić information content (AvgIpc) is 3.49. The first kappa shape index (κ1) is 82.9. The fraction of sp³-hybridized carbons (Fsp3) is 1.00. The van der Waals surface area contributed by atoms with Crippen molar-refractivity contribution in [3.05, 3.63) is 0 Å². The predicted octanol–water partition coefficient (Wildman–Crippen LogP) is 27.8. The van der Waals surface area contributed by atoms with E-state index in [1.54, 1.807) is 0 Å². The minimum atomic E-state index is 1.22. The summed E-state index contributed by atoms with van der Waals surface area (Å²) in [6, 6.07) is 0. The maximum absolute atomic E-state index is 3.90. The summed E-state index contributed by atoms with van der Waals surface area (Å²) in [6.07, 6.45) is 99.0. The van der Waals surface area contributed by atoms with Crippen LogP contribution in [0.3, 0.4) is 0 Å². The molecule has 0 aliphatic carbocycles. The molecule has 0 aromatic heterocycles. The highest BCUT2D eigenvalue weighted by molar-refractivity contribution is 4.65. The lowest BCUT2D eigenvalue weighted by Gasteiger charge is -2.23. The molecule has 3 heteroatoms. The largest absolute Gasteiger partial charge is 0.317 e. The van der Waals surface area contributed by atoms with Crippen LogP contribution < -0.4 is 5.32 Å². The van der Waals surface area contributed by atoms with Crippen LogP contribution in [0.25, 0.3) is 0 Å². The average molecular weight is 1170 g/mol. The van der Waals surface area contributed by atoms with Crippen LogP contribution in [0.1, 0.15) is 464 Å². The molecule has 0 unspecified atom stereocenters. The van der Waals surface area contributed by atoms with Crippen LogP contribution in [0, 0.1) is 0 Å². The first-order valence-corrected chi connectivity index (χ1v) is 40.4. The monoisotopic (exact) mass is 1170 g/mol. The molecule has 500 valence electrons. The van der Waals surface area contributed by atoms with Gasteiger partial charge in [0.25, 0.3) is 0 Å². The van der Waals surface area contributed by atoms with Crippen molar-refractivity contribution in [1.82, 2.24) is 15.1 Å². The molecule has 0 spiro atoms. The molecule has 0 saturated carbocycles. The van der Waals surface area contributed by atoms with Gasteiger partial charge in [0.05, 0.1) is 0 Å². The van der Waals surface area contributed by atoms with E-state index in [-0.39, 0.29) is 0 Å². The maximum Gasteiger partial charge on any atom is -0.00183 e. The van der Waals surface area contributed by atoms with Crippen LogP contribution in [-0.4, -0.2) is 62.2 Å². The molecule has 1 N–H and O–H groups in total. The Kier molecular flexibility index (Phi) is 77.9. The fourth-order valence-corrected chi connectivity index (χ4v) is 13.5. The van der Waals surface area contributed by atoms with Gasteiger partial charge in [-0.25, -0.2) is 0 Å². The summed E-state index contributed by atoms with van der Waals surface area (Å²) < 4.78 is 0. The van der Waals surface area contributed by atoms with Crippen molar-refractivity contribution < 1.29 is 0 Å². The minimum absolute atomic E-state index is 1.22. The smallest absolute Gasteiger partial charge is 0.00183 e. The Morgan fingerprint density at radius 1 is 0.133 bits per heavy atom. The Balaban J connectivity index is 4.56. The predicted molar refractivity (Wildman–Crippen MR) is 382 cm³/mol. The van der Waals surface area contributed by atoms with Crippen LogP contribution >= 0.6 is 0 Å². The van der Waals surface area contributed by atoms with E-state index in [2.05, 4.69) is 42.8 Å². The van der Waals surface area contributed by atoms with E-state index in [1.807, 2.05) is 0 Å². The summed E-state index contributed by atoms with van der Waals surface area (Å²) in [5.74, 6) is 0. The first-order chi connectivity index (χ1) is 41.3. The van der Waals surface area contributed by atoms with Crippen molar-refractivity contribution in [2.45, 2.75) is 464 Å². The van der Waals surface area contributed by atoms with Crippen LogP contribution in [0.2, 0.25) is 0 Å². The van der Waals surface area contributed by atoms with Gasteiger partial charge in [-0.05, 0) is 104 Å². The minimum Gasteiger partial charge on any atom is -0.317 e.